The van der Waals surface area contributed by atoms with E-state index in [0.29, 0.717) is 17.7 Å². The van der Waals surface area contributed by atoms with Gasteiger partial charge in [-0.2, -0.15) is 0 Å². The molecule has 0 atom stereocenters. The maximum Gasteiger partial charge on any atom is 0.144 e. The second-order valence-corrected chi connectivity index (χ2v) is 8.32. The highest BCUT2D eigenvalue weighted by molar-refractivity contribution is 6.15. The van der Waals surface area contributed by atoms with E-state index in [2.05, 4.69) is 37.0 Å². The lowest BCUT2D eigenvalue weighted by Crippen LogP contribution is -2.02. The summed E-state index contributed by atoms with van der Waals surface area (Å²) in [7, 11) is 0. The summed E-state index contributed by atoms with van der Waals surface area (Å²) < 4.78 is 6.49. The maximum atomic E-state index is 11.6. The summed E-state index contributed by atoms with van der Waals surface area (Å²) in [5, 5.41) is 15.4. The van der Waals surface area contributed by atoms with E-state index in [-0.39, 0.29) is 5.75 Å². The van der Waals surface area contributed by atoms with Crippen LogP contribution in [0.5, 0.6) is 11.5 Å². The van der Waals surface area contributed by atoms with E-state index in [4.69, 9.17) is 4.74 Å². The van der Waals surface area contributed by atoms with Crippen molar-refractivity contribution in [1.82, 2.24) is 0 Å². The van der Waals surface area contributed by atoms with Gasteiger partial charge < -0.3 is 9.84 Å². The van der Waals surface area contributed by atoms with Crippen molar-refractivity contribution >= 4 is 21.5 Å². The first kappa shape index (κ1) is 21.6. The van der Waals surface area contributed by atoms with E-state index in [1.807, 2.05) is 78.9 Å². The molecule has 0 aliphatic heterocycles. The van der Waals surface area contributed by atoms with Crippen LogP contribution in [0.25, 0.3) is 32.7 Å². The van der Waals surface area contributed by atoms with Crippen molar-refractivity contribution in [3.63, 3.8) is 0 Å². The molecule has 2 nitrogen and oxygen atoms in total. The number of phenolic OH excluding ortho intramolecular Hbond substituents is 1. The minimum Gasteiger partial charge on any atom is -0.507 e. The van der Waals surface area contributed by atoms with Gasteiger partial charge in [-0.1, -0.05) is 104 Å². The molecule has 5 aromatic carbocycles. The van der Waals surface area contributed by atoms with Crippen LogP contribution in [0.15, 0.2) is 97.1 Å². The summed E-state index contributed by atoms with van der Waals surface area (Å²) in [4.78, 5) is 0. The zero-order valence-electron chi connectivity index (χ0n) is 19.2. The van der Waals surface area contributed by atoms with Gasteiger partial charge in [-0.25, -0.2) is 0 Å². The fourth-order valence-electron chi connectivity index (χ4n) is 4.33. The molecule has 0 bridgehead atoms. The second kappa shape index (κ2) is 9.73. The van der Waals surface area contributed by atoms with Crippen molar-refractivity contribution < 1.29 is 9.84 Å². The van der Waals surface area contributed by atoms with Crippen LogP contribution in [0.3, 0.4) is 0 Å². The lowest BCUT2D eigenvalue weighted by Gasteiger charge is -2.19. The van der Waals surface area contributed by atoms with Gasteiger partial charge in [0.15, 0.2) is 0 Å². The van der Waals surface area contributed by atoms with E-state index in [9.17, 15) is 5.11 Å². The third-order valence-electron chi connectivity index (χ3n) is 6.04. The summed E-state index contributed by atoms with van der Waals surface area (Å²) in [6, 6.07) is 32.1. The lowest BCUT2D eigenvalue weighted by atomic mass is 9.90. The molecular formula is C32H26O2. The largest absolute Gasteiger partial charge is 0.507 e. The Morgan fingerprint density at radius 3 is 2.21 bits per heavy atom. The van der Waals surface area contributed by atoms with Crippen LogP contribution in [0.4, 0.5) is 0 Å². The van der Waals surface area contributed by atoms with Gasteiger partial charge in [0.1, 0.15) is 11.5 Å². The smallest absolute Gasteiger partial charge is 0.144 e. The van der Waals surface area contributed by atoms with Crippen LogP contribution >= 0.6 is 0 Å². The number of phenols is 1. The van der Waals surface area contributed by atoms with Crippen LogP contribution in [0.1, 0.15) is 30.9 Å². The van der Waals surface area contributed by atoms with Gasteiger partial charge in [-0.15, -0.1) is 0 Å². The van der Waals surface area contributed by atoms with Gasteiger partial charge in [0.25, 0.3) is 0 Å². The van der Waals surface area contributed by atoms with Crippen molar-refractivity contribution in [3.05, 3.63) is 108 Å². The third kappa shape index (κ3) is 4.09. The Morgan fingerprint density at radius 2 is 1.44 bits per heavy atom. The summed E-state index contributed by atoms with van der Waals surface area (Å²) in [6.45, 7) is 2.74. The average Bonchev–Trinajstić information content (AvgIpc) is 2.89. The summed E-state index contributed by atoms with van der Waals surface area (Å²) in [5.41, 5.74) is 3.25. The molecule has 0 saturated heterocycles. The highest BCUT2D eigenvalue weighted by Gasteiger charge is 2.22. The fourth-order valence-corrected chi connectivity index (χ4v) is 4.33. The van der Waals surface area contributed by atoms with E-state index in [0.717, 1.165) is 51.3 Å². The molecule has 0 aromatic heterocycles. The van der Waals surface area contributed by atoms with Crippen molar-refractivity contribution in [1.29, 1.82) is 0 Å². The summed E-state index contributed by atoms with van der Waals surface area (Å²) in [6.07, 6.45) is 1.98. The highest BCUT2D eigenvalue weighted by Crippen LogP contribution is 2.47. The van der Waals surface area contributed by atoms with Crippen LogP contribution in [-0.2, 0) is 0 Å². The number of fused-ring (bicyclic) bond motifs is 3. The van der Waals surface area contributed by atoms with Gasteiger partial charge in [0, 0.05) is 21.9 Å². The number of benzene rings is 5. The first-order chi connectivity index (χ1) is 16.8. The zero-order valence-corrected chi connectivity index (χ0v) is 19.2. The first-order valence-electron chi connectivity index (χ1n) is 11.7. The molecule has 0 spiro atoms. The molecule has 0 heterocycles. The Hall–Kier alpha value is -4.22. The Labute approximate surface area is 200 Å². The molecule has 2 heteroatoms. The molecule has 5 rings (SSSR count). The Morgan fingerprint density at radius 1 is 0.735 bits per heavy atom. The monoisotopic (exact) mass is 442 g/mol. The predicted octanol–water partition coefficient (Wildman–Crippen LogP) is 7.94. The molecule has 0 aliphatic rings. The first-order valence-corrected chi connectivity index (χ1v) is 11.7. The van der Waals surface area contributed by atoms with Gasteiger partial charge in [-0.05, 0) is 41.0 Å². The van der Waals surface area contributed by atoms with Crippen molar-refractivity contribution in [3.8, 4) is 34.5 Å². The number of ether oxygens (including phenoxy) is 1. The summed E-state index contributed by atoms with van der Waals surface area (Å²) >= 11 is 0. The Balaban J connectivity index is 1.90. The number of rotatable bonds is 5. The molecule has 166 valence electrons. The Bertz CT molecular complexity index is 1510. The SMILES string of the molecule is CCCCOc1c(C#Cc2ccccc2)c(-c2ccccc2)c(O)c2ccc3ccccc3c12. The molecular weight excluding hydrogens is 416 g/mol. The van der Waals surface area contributed by atoms with Gasteiger partial charge in [0.2, 0.25) is 0 Å². The Kier molecular flexibility index (Phi) is 6.19. The lowest BCUT2D eigenvalue weighted by molar-refractivity contribution is 0.312. The minimum absolute atomic E-state index is 0.229. The number of aromatic hydroxyl groups is 1. The maximum absolute atomic E-state index is 11.6. The molecule has 0 fully saturated rings. The van der Waals surface area contributed by atoms with Gasteiger partial charge in [0.05, 0.1) is 12.2 Å². The predicted molar refractivity (Wildman–Crippen MR) is 141 cm³/mol. The van der Waals surface area contributed by atoms with Crippen LogP contribution in [0, 0.1) is 11.8 Å². The molecule has 5 aromatic rings. The highest BCUT2D eigenvalue weighted by atomic mass is 16.5. The number of hydrogen-bond donors (Lipinski definition) is 1. The van der Waals surface area contributed by atoms with Crippen LogP contribution in [-0.4, -0.2) is 11.7 Å². The minimum atomic E-state index is 0.229. The average molecular weight is 443 g/mol. The second-order valence-electron chi connectivity index (χ2n) is 8.32. The standard InChI is InChI=1S/C32H26O2/c1-2-3-22-34-32-28(20-18-23-12-6-4-7-13-23)29(25-15-8-5-9-16-25)31(33)27-21-19-24-14-10-11-17-26(24)30(27)32/h4-17,19,21,33H,2-3,22H2,1H3. The number of hydrogen-bond acceptors (Lipinski definition) is 2. The van der Waals surface area contributed by atoms with E-state index in [1.165, 1.54) is 0 Å². The zero-order chi connectivity index (χ0) is 23.3. The van der Waals surface area contributed by atoms with Crippen molar-refractivity contribution in [2.24, 2.45) is 0 Å². The van der Waals surface area contributed by atoms with E-state index >= 15 is 0 Å². The molecule has 1 N–H and O–H groups in total. The van der Waals surface area contributed by atoms with E-state index < -0.39 is 0 Å². The molecule has 0 amide bonds. The van der Waals surface area contributed by atoms with Crippen molar-refractivity contribution in [2.75, 3.05) is 6.61 Å². The summed E-state index contributed by atoms with van der Waals surface area (Å²) in [5.74, 6) is 7.65. The van der Waals surface area contributed by atoms with Crippen LogP contribution in [0.2, 0.25) is 0 Å². The topological polar surface area (TPSA) is 29.5 Å². The molecule has 0 saturated carbocycles. The molecule has 0 aliphatic carbocycles. The molecule has 0 radical (unpaired) electrons. The number of unbranched alkanes of at least 4 members (excludes halogenated alkanes) is 1. The molecule has 34 heavy (non-hydrogen) atoms. The van der Waals surface area contributed by atoms with Crippen molar-refractivity contribution in [2.45, 2.75) is 19.8 Å². The van der Waals surface area contributed by atoms with Crippen LogP contribution < -0.4 is 4.74 Å². The third-order valence-corrected chi connectivity index (χ3v) is 6.04. The normalized spacial score (nSPS) is 10.7. The van der Waals surface area contributed by atoms with E-state index in [1.54, 1.807) is 0 Å². The fraction of sp³-hybridized carbons (Fsp3) is 0.125. The van der Waals surface area contributed by atoms with Gasteiger partial charge in [-0.3, -0.25) is 0 Å². The van der Waals surface area contributed by atoms with Gasteiger partial charge >= 0.3 is 0 Å². The quantitative estimate of drug-likeness (QED) is 0.170. The molecule has 0 unspecified atom stereocenters.